The molecule has 0 radical (unpaired) electrons. The summed E-state index contributed by atoms with van der Waals surface area (Å²) >= 11 is 0. The summed E-state index contributed by atoms with van der Waals surface area (Å²) in [5.74, 6) is 0. The summed E-state index contributed by atoms with van der Waals surface area (Å²) < 4.78 is 0. The van der Waals surface area contributed by atoms with Crippen molar-refractivity contribution in [2.75, 3.05) is 33.2 Å². The van der Waals surface area contributed by atoms with Crippen LogP contribution in [0.4, 0.5) is 0 Å². The van der Waals surface area contributed by atoms with Crippen molar-refractivity contribution in [3.8, 4) is 0 Å². The normalized spacial score (nSPS) is 24.2. The van der Waals surface area contributed by atoms with E-state index >= 15 is 0 Å². The van der Waals surface area contributed by atoms with Crippen LogP contribution >= 0.6 is 0 Å². The van der Waals surface area contributed by atoms with Crippen molar-refractivity contribution in [1.82, 2.24) is 10.2 Å². The predicted octanol–water partition coefficient (Wildman–Crippen LogP) is 3.67. The van der Waals surface area contributed by atoms with Gasteiger partial charge in [0.2, 0.25) is 0 Å². The molecule has 0 unspecified atom stereocenters. The van der Waals surface area contributed by atoms with Crippen molar-refractivity contribution in [2.45, 2.75) is 65.2 Å². The van der Waals surface area contributed by atoms with Gasteiger partial charge in [-0.3, -0.25) is 0 Å². The topological polar surface area (TPSA) is 15.3 Å². The third kappa shape index (κ3) is 3.52. The van der Waals surface area contributed by atoms with Crippen molar-refractivity contribution in [3.05, 3.63) is 0 Å². The number of nitrogens with zero attached hydrogens (tertiary/aromatic N) is 1. The highest BCUT2D eigenvalue weighted by Crippen LogP contribution is 2.46. The Labute approximate surface area is 120 Å². The van der Waals surface area contributed by atoms with Gasteiger partial charge in [-0.25, -0.2) is 0 Å². The van der Waals surface area contributed by atoms with Gasteiger partial charge in [-0.15, -0.1) is 0 Å². The number of nitrogens with one attached hydrogen (secondary N) is 1. The van der Waals surface area contributed by atoms with Gasteiger partial charge >= 0.3 is 0 Å². The quantitative estimate of drug-likeness (QED) is 0.789. The lowest BCUT2D eigenvalue weighted by Gasteiger charge is -2.44. The molecule has 1 N–H and O–H groups in total. The minimum absolute atomic E-state index is 0.495. The number of hydrogen-bond donors (Lipinski definition) is 1. The molecule has 2 aliphatic rings. The molecule has 2 fully saturated rings. The van der Waals surface area contributed by atoms with E-state index in [2.05, 4.69) is 31.1 Å². The summed E-state index contributed by atoms with van der Waals surface area (Å²) in [4.78, 5) is 2.76. The van der Waals surface area contributed by atoms with E-state index in [-0.39, 0.29) is 0 Å². The smallest absolute Gasteiger partial charge is 0.00499 e. The van der Waals surface area contributed by atoms with Gasteiger partial charge in [0.1, 0.15) is 0 Å². The van der Waals surface area contributed by atoms with Crippen LogP contribution in [0, 0.1) is 10.8 Å². The third-order valence-corrected chi connectivity index (χ3v) is 6.19. The van der Waals surface area contributed by atoms with E-state index < -0.39 is 0 Å². The molecule has 0 bridgehead atoms. The molecule has 1 heterocycles. The second kappa shape index (κ2) is 6.58. The molecule has 0 aromatic heterocycles. The highest BCUT2D eigenvalue weighted by Gasteiger charge is 2.38. The fourth-order valence-corrected chi connectivity index (χ4v) is 4.44. The van der Waals surface area contributed by atoms with E-state index in [1.54, 1.807) is 0 Å². The second-order valence-electron chi connectivity index (χ2n) is 7.22. The molecule has 2 nitrogen and oxygen atoms in total. The standard InChI is InChI=1S/C17H34N2/c1-4-16(5-2,14-18-3)15-19-12-10-17(11-13-19)8-6-7-9-17/h18H,4-15H2,1-3H3. The number of piperidine rings is 1. The van der Waals surface area contributed by atoms with Gasteiger partial charge < -0.3 is 10.2 Å². The summed E-state index contributed by atoms with van der Waals surface area (Å²) in [6, 6.07) is 0. The molecule has 2 rings (SSSR count). The van der Waals surface area contributed by atoms with Crippen molar-refractivity contribution < 1.29 is 0 Å². The zero-order chi connectivity index (χ0) is 13.8. The van der Waals surface area contributed by atoms with Crippen LogP contribution in [-0.2, 0) is 0 Å². The first-order valence-corrected chi connectivity index (χ1v) is 8.54. The monoisotopic (exact) mass is 266 g/mol. The van der Waals surface area contributed by atoms with Crippen molar-refractivity contribution in [1.29, 1.82) is 0 Å². The van der Waals surface area contributed by atoms with Gasteiger partial charge in [0, 0.05) is 13.1 Å². The van der Waals surface area contributed by atoms with Gasteiger partial charge in [-0.05, 0) is 69.5 Å². The Morgan fingerprint density at radius 1 is 1.00 bits per heavy atom. The van der Waals surface area contributed by atoms with Gasteiger partial charge in [0.25, 0.3) is 0 Å². The second-order valence-corrected chi connectivity index (χ2v) is 7.22. The molecule has 1 aliphatic heterocycles. The lowest BCUT2D eigenvalue weighted by atomic mass is 9.75. The Morgan fingerprint density at radius 3 is 2.05 bits per heavy atom. The Hall–Kier alpha value is -0.0800. The zero-order valence-electron chi connectivity index (χ0n) is 13.4. The highest BCUT2D eigenvalue weighted by atomic mass is 15.1. The first kappa shape index (κ1) is 15.3. The number of hydrogen-bond acceptors (Lipinski definition) is 2. The maximum atomic E-state index is 3.42. The zero-order valence-corrected chi connectivity index (χ0v) is 13.4. The van der Waals surface area contributed by atoms with Crippen LogP contribution in [0.1, 0.15) is 65.2 Å². The lowest BCUT2D eigenvalue weighted by Crippen LogP contribution is -2.47. The molecular formula is C17H34N2. The summed E-state index contributed by atoms with van der Waals surface area (Å²) in [5.41, 5.74) is 1.26. The Kier molecular flexibility index (Phi) is 5.30. The molecule has 0 aromatic carbocycles. The minimum atomic E-state index is 0.495. The minimum Gasteiger partial charge on any atom is -0.319 e. The first-order chi connectivity index (χ1) is 9.17. The van der Waals surface area contributed by atoms with E-state index in [0.717, 1.165) is 5.41 Å². The Morgan fingerprint density at radius 2 is 1.58 bits per heavy atom. The van der Waals surface area contributed by atoms with Crippen molar-refractivity contribution >= 4 is 0 Å². The average Bonchev–Trinajstić information content (AvgIpc) is 2.89. The average molecular weight is 266 g/mol. The summed E-state index contributed by atoms with van der Waals surface area (Å²) in [7, 11) is 2.10. The van der Waals surface area contributed by atoms with E-state index in [0.29, 0.717) is 5.41 Å². The van der Waals surface area contributed by atoms with Crippen molar-refractivity contribution in [3.63, 3.8) is 0 Å². The van der Waals surface area contributed by atoms with E-state index in [9.17, 15) is 0 Å². The molecular weight excluding hydrogens is 232 g/mol. The molecule has 1 aliphatic carbocycles. The fourth-order valence-electron chi connectivity index (χ4n) is 4.44. The SMILES string of the molecule is CCC(CC)(CNC)CN1CCC2(CCCC2)CC1. The Bertz CT molecular complexity index is 254. The van der Waals surface area contributed by atoms with E-state index in [1.807, 2.05) is 0 Å². The van der Waals surface area contributed by atoms with Crippen LogP contribution in [-0.4, -0.2) is 38.1 Å². The molecule has 19 heavy (non-hydrogen) atoms. The first-order valence-electron chi connectivity index (χ1n) is 8.54. The summed E-state index contributed by atoms with van der Waals surface area (Å²) in [6.07, 6.45) is 11.6. The van der Waals surface area contributed by atoms with Gasteiger partial charge in [0.05, 0.1) is 0 Å². The van der Waals surface area contributed by atoms with Crippen LogP contribution in [0.25, 0.3) is 0 Å². The molecule has 1 saturated heterocycles. The highest BCUT2D eigenvalue weighted by molar-refractivity contribution is 4.92. The van der Waals surface area contributed by atoms with Crippen LogP contribution in [0.15, 0.2) is 0 Å². The van der Waals surface area contributed by atoms with Crippen LogP contribution < -0.4 is 5.32 Å². The maximum Gasteiger partial charge on any atom is 0.00499 e. The molecule has 0 aromatic rings. The molecule has 0 atom stereocenters. The van der Waals surface area contributed by atoms with Gasteiger partial charge in [-0.1, -0.05) is 26.7 Å². The van der Waals surface area contributed by atoms with Crippen molar-refractivity contribution in [2.24, 2.45) is 10.8 Å². The van der Waals surface area contributed by atoms with Gasteiger partial charge in [-0.2, -0.15) is 0 Å². The van der Waals surface area contributed by atoms with Gasteiger partial charge in [0.15, 0.2) is 0 Å². The summed E-state index contributed by atoms with van der Waals surface area (Å²) in [6.45, 7) is 9.90. The van der Waals surface area contributed by atoms with E-state index in [1.165, 1.54) is 77.5 Å². The van der Waals surface area contributed by atoms with E-state index in [4.69, 9.17) is 0 Å². The lowest BCUT2D eigenvalue weighted by molar-refractivity contribution is 0.0638. The molecule has 112 valence electrons. The molecule has 2 heteroatoms. The van der Waals surface area contributed by atoms with Crippen LogP contribution in [0.5, 0.6) is 0 Å². The molecule has 1 saturated carbocycles. The predicted molar refractivity (Wildman–Crippen MR) is 83.5 cm³/mol. The Balaban J connectivity index is 1.86. The maximum absolute atomic E-state index is 3.42. The number of rotatable bonds is 6. The fraction of sp³-hybridized carbons (Fsp3) is 1.00. The largest absolute Gasteiger partial charge is 0.319 e. The number of likely N-dealkylation sites (tertiary alicyclic amines) is 1. The third-order valence-electron chi connectivity index (χ3n) is 6.19. The van der Waals surface area contributed by atoms with Crippen LogP contribution in [0.3, 0.4) is 0 Å². The molecule has 0 amide bonds. The molecule has 1 spiro atoms. The summed E-state index contributed by atoms with van der Waals surface area (Å²) in [5, 5.41) is 3.42. The van der Waals surface area contributed by atoms with Crippen LogP contribution in [0.2, 0.25) is 0 Å².